The molecule has 7 nitrogen and oxygen atoms in total. The number of aromatic nitrogens is 3. The van der Waals surface area contributed by atoms with Gasteiger partial charge in [-0.1, -0.05) is 0 Å². The maximum atomic E-state index is 12.6. The number of nitrogens with zero attached hydrogens (tertiary/aromatic N) is 3. The molecule has 1 aliphatic carbocycles. The topological polar surface area (TPSA) is 94.1 Å². The maximum absolute atomic E-state index is 12.6. The van der Waals surface area contributed by atoms with Crippen LogP contribution in [0.5, 0.6) is 0 Å². The second-order valence-corrected chi connectivity index (χ2v) is 7.64. The molecule has 4 rings (SSSR count). The summed E-state index contributed by atoms with van der Waals surface area (Å²) in [5.41, 5.74) is 1.10. The fraction of sp³-hybridized carbons (Fsp3) is 0.500. The molecule has 1 atom stereocenters. The predicted octanol–water partition coefficient (Wildman–Crippen LogP) is 2.13. The van der Waals surface area contributed by atoms with E-state index in [1.807, 2.05) is 5.38 Å². The zero-order chi connectivity index (χ0) is 18.0. The first-order valence-electron chi connectivity index (χ1n) is 8.87. The minimum atomic E-state index is -0.555. The molecule has 0 aromatic carbocycles. The van der Waals surface area contributed by atoms with Gasteiger partial charge in [0.05, 0.1) is 24.2 Å². The van der Waals surface area contributed by atoms with Crippen molar-refractivity contribution in [2.75, 3.05) is 6.54 Å². The summed E-state index contributed by atoms with van der Waals surface area (Å²) < 4.78 is 5.54. The van der Waals surface area contributed by atoms with Gasteiger partial charge in [0.15, 0.2) is 0 Å². The number of carbonyl (C=O) groups is 2. The molecule has 0 unspecified atom stereocenters. The van der Waals surface area contributed by atoms with Crippen LogP contribution in [0.3, 0.4) is 0 Å². The van der Waals surface area contributed by atoms with Crippen molar-refractivity contribution in [3.63, 3.8) is 0 Å². The van der Waals surface area contributed by atoms with E-state index in [2.05, 4.69) is 20.3 Å². The highest BCUT2D eigenvalue weighted by atomic mass is 32.1. The number of amides is 1. The Bertz CT molecular complexity index is 802. The maximum Gasteiger partial charge on any atom is 0.307 e. The van der Waals surface area contributed by atoms with Crippen molar-refractivity contribution >= 4 is 23.2 Å². The molecular formula is C18H20N4O3S. The summed E-state index contributed by atoms with van der Waals surface area (Å²) in [5.74, 6) is -0.689. The van der Waals surface area contributed by atoms with Crippen LogP contribution in [0.1, 0.15) is 37.8 Å². The standard InChI is InChI=1S/C18H20N4O3S/c23-15-9-13(18(25-15)4-1-2-5-18)16(24)21-6-3-12-11-26-17(22-12)14-10-19-7-8-20-14/h7-8,10-11,13H,1-6,9H2,(H,21,24)/t13-/m1/s1. The van der Waals surface area contributed by atoms with Gasteiger partial charge in [0.2, 0.25) is 5.91 Å². The van der Waals surface area contributed by atoms with Gasteiger partial charge in [-0.15, -0.1) is 11.3 Å². The highest BCUT2D eigenvalue weighted by Crippen LogP contribution is 2.45. The summed E-state index contributed by atoms with van der Waals surface area (Å²) in [6.45, 7) is 0.489. The number of rotatable bonds is 5. The molecule has 1 aliphatic heterocycles. The highest BCUT2D eigenvalue weighted by molar-refractivity contribution is 7.13. The van der Waals surface area contributed by atoms with E-state index in [0.717, 1.165) is 42.1 Å². The number of nitrogens with one attached hydrogen (secondary N) is 1. The van der Waals surface area contributed by atoms with E-state index in [1.54, 1.807) is 18.6 Å². The van der Waals surface area contributed by atoms with Gasteiger partial charge in [-0.25, -0.2) is 4.98 Å². The van der Waals surface area contributed by atoms with E-state index in [4.69, 9.17) is 4.74 Å². The molecule has 1 N–H and O–H groups in total. The van der Waals surface area contributed by atoms with Crippen molar-refractivity contribution in [3.05, 3.63) is 29.7 Å². The zero-order valence-corrected chi connectivity index (χ0v) is 15.1. The Hall–Kier alpha value is -2.35. The van der Waals surface area contributed by atoms with Gasteiger partial charge in [-0.2, -0.15) is 0 Å². The molecule has 1 saturated carbocycles. The predicted molar refractivity (Wildman–Crippen MR) is 95.3 cm³/mol. The smallest absolute Gasteiger partial charge is 0.307 e. The van der Waals surface area contributed by atoms with Gasteiger partial charge in [0.1, 0.15) is 16.3 Å². The van der Waals surface area contributed by atoms with E-state index >= 15 is 0 Å². The minimum absolute atomic E-state index is 0.0814. The van der Waals surface area contributed by atoms with Crippen LogP contribution >= 0.6 is 11.3 Å². The van der Waals surface area contributed by atoms with Crippen molar-refractivity contribution < 1.29 is 14.3 Å². The molecule has 1 saturated heterocycles. The normalized spacial score (nSPS) is 21.1. The van der Waals surface area contributed by atoms with Crippen LogP contribution in [0, 0.1) is 5.92 Å². The number of carbonyl (C=O) groups excluding carboxylic acids is 2. The lowest BCUT2D eigenvalue weighted by atomic mass is 9.85. The highest BCUT2D eigenvalue weighted by Gasteiger charge is 2.53. The van der Waals surface area contributed by atoms with Gasteiger partial charge in [-0.05, 0) is 25.7 Å². The minimum Gasteiger partial charge on any atom is -0.458 e. The molecule has 3 heterocycles. The summed E-state index contributed by atoms with van der Waals surface area (Å²) in [5, 5.41) is 5.75. The Morgan fingerprint density at radius 2 is 2.19 bits per heavy atom. The Morgan fingerprint density at radius 3 is 2.96 bits per heavy atom. The van der Waals surface area contributed by atoms with E-state index in [-0.39, 0.29) is 24.2 Å². The second-order valence-electron chi connectivity index (χ2n) is 6.78. The van der Waals surface area contributed by atoms with Gasteiger partial charge in [0.25, 0.3) is 0 Å². The third-order valence-corrected chi connectivity index (χ3v) is 6.02. The first-order chi connectivity index (χ1) is 12.7. The van der Waals surface area contributed by atoms with Crippen molar-refractivity contribution in [2.45, 2.75) is 44.1 Å². The Labute approximate surface area is 155 Å². The SMILES string of the molecule is O=C1C[C@H](C(=O)NCCc2csc(-c3cnccn3)n2)C2(CCCC2)O1. The molecule has 2 aromatic heterocycles. The number of hydrogen-bond donors (Lipinski definition) is 1. The van der Waals surface area contributed by atoms with Crippen molar-refractivity contribution in [1.29, 1.82) is 0 Å². The van der Waals surface area contributed by atoms with E-state index in [0.29, 0.717) is 13.0 Å². The van der Waals surface area contributed by atoms with Crippen LogP contribution in [0.15, 0.2) is 24.0 Å². The molecule has 1 spiro atoms. The second kappa shape index (κ2) is 7.11. The third kappa shape index (κ3) is 3.33. The Kier molecular flexibility index (Phi) is 4.67. The Balaban J connectivity index is 1.33. The quantitative estimate of drug-likeness (QED) is 0.808. The number of ether oxygens (including phenoxy) is 1. The van der Waals surface area contributed by atoms with Gasteiger partial charge < -0.3 is 10.1 Å². The lowest BCUT2D eigenvalue weighted by molar-refractivity contribution is -0.149. The van der Waals surface area contributed by atoms with Crippen molar-refractivity contribution in [1.82, 2.24) is 20.3 Å². The summed E-state index contributed by atoms with van der Waals surface area (Å²) in [4.78, 5) is 37.2. The largest absolute Gasteiger partial charge is 0.458 e. The molecule has 0 radical (unpaired) electrons. The molecule has 8 heteroatoms. The molecule has 136 valence electrons. The lowest BCUT2D eigenvalue weighted by Gasteiger charge is -2.27. The van der Waals surface area contributed by atoms with Crippen LogP contribution in [0.25, 0.3) is 10.7 Å². The fourth-order valence-corrected chi connectivity index (χ4v) is 4.65. The number of hydrogen-bond acceptors (Lipinski definition) is 7. The average Bonchev–Trinajstić information content (AvgIpc) is 3.37. The van der Waals surface area contributed by atoms with Gasteiger partial charge in [-0.3, -0.25) is 19.6 Å². The molecule has 26 heavy (non-hydrogen) atoms. The van der Waals surface area contributed by atoms with E-state index < -0.39 is 5.60 Å². The third-order valence-electron chi connectivity index (χ3n) is 5.10. The molecule has 2 aromatic rings. The van der Waals surface area contributed by atoms with Crippen LogP contribution in [-0.2, 0) is 20.7 Å². The summed E-state index contributed by atoms with van der Waals surface area (Å²) in [6, 6.07) is 0. The van der Waals surface area contributed by atoms with Crippen LogP contribution in [-0.4, -0.2) is 39.0 Å². The van der Waals surface area contributed by atoms with E-state index in [1.165, 1.54) is 11.3 Å². The Morgan fingerprint density at radius 1 is 1.35 bits per heavy atom. The monoisotopic (exact) mass is 372 g/mol. The van der Waals surface area contributed by atoms with Crippen LogP contribution in [0.4, 0.5) is 0 Å². The number of esters is 1. The summed E-state index contributed by atoms with van der Waals surface area (Å²) >= 11 is 1.51. The van der Waals surface area contributed by atoms with Crippen LogP contribution < -0.4 is 5.32 Å². The number of thiazole rings is 1. The first kappa shape index (κ1) is 17.1. The fourth-order valence-electron chi connectivity index (χ4n) is 3.83. The van der Waals surface area contributed by atoms with Crippen molar-refractivity contribution in [3.8, 4) is 10.7 Å². The van der Waals surface area contributed by atoms with Crippen LogP contribution in [0.2, 0.25) is 0 Å². The molecule has 2 fully saturated rings. The van der Waals surface area contributed by atoms with Crippen molar-refractivity contribution in [2.24, 2.45) is 5.92 Å². The summed E-state index contributed by atoms with van der Waals surface area (Å²) in [6.07, 6.45) is 9.40. The van der Waals surface area contributed by atoms with E-state index in [9.17, 15) is 9.59 Å². The average molecular weight is 372 g/mol. The first-order valence-corrected chi connectivity index (χ1v) is 9.75. The lowest BCUT2D eigenvalue weighted by Crippen LogP contribution is -2.43. The van der Waals surface area contributed by atoms with Gasteiger partial charge in [0, 0.05) is 30.7 Å². The molecule has 0 bridgehead atoms. The summed E-state index contributed by atoms with van der Waals surface area (Å²) in [7, 11) is 0. The van der Waals surface area contributed by atoms with Gasteiger partial charge >= 0.3 is 5.97 Å². The molecule has 2 aliphatic rings. The molecular weight excluding hydrogens is 352 g/mol. The molecule has 1 amide bonds. The zero-order valence-electron chi connectivity index (χ0n) is 14.3.